The minimum atomic E-state index is -0.920. The number of carbonyl (C=O) groups excluding carboxylic acids is 1. The number of piperazine rings is 1. The van der Waals surface area contributed by atoms with E-state index in [1.54, 1.807) is 24.1 Å². The van der Waals surface area contributed by atoms with Crippen LogP contribution in [0.4, 0.5) is 0 Å². The lowest BCUT2D eigenvalue weighted by molar-refractivity contribution is -0.151. The molecule has 1 fully saturated rings. The summed E-state index contributed by atoms with van der Waals surface area (Å²) in [5.41, 5.74) is 0. The van der Waals surface area contributed by atoms with Crippen molar-refractivity contribution in [3.63, 3.8) is 0 Å². The Labute approximate surface area is 98.4 Å². The van der Waals surface area contributed by atoms with Gasteiger partial charge in [-0.1, -0.05) is 0 Å². The van der Waals surface area contributed by atoms with Gasteiger partial charge in [-0.15, -0.1) is 0 Å². The number of rotatable bonds is 3. The van der Waals surface area contributed by atoms with Crippen molar-refractivity contribution in [3.05, 3.63) is 24.2 Å². The molecule has 0 aliphatic carbocycles. The Kier molecular flexibility index (Phi) is 3.14. The first-order valence-corrected chi connectivity index (χ1v) is 5.31. The molecule has 2 heterocycles. The first-order valence-electron chi connectivity index (χ1n) is 5.31. The monoisotopic (exact) mass is 238 g/mol. The molecule has 1 aromatic heterocycles. The van der Waals surface area contributed by atoms with Crippen molar-refractivity contribution in [3.8, 4) is 0 Å². The molecule has 1 atom stereocenters. The van der Waals surface area contributed by atoms with Crippen molar-refractivity contribution in [1.29, 1.82) is 0 Å². The summed E-state index contributed by atoms with van der Waals surface area (Å²) in [6.07, 6.45) is 1.53. The Bertz CT molecular complexity index is 415. The van der Waals surface area contributed by atoms with Crippen LogP contribution in [0.5, 0.6) is 0 Å². The van der Waals surface area contributed by atoms with E-state index in [0.29, 0.717) is 12.3 Å². The quantitative estimate of drug-likeness (QED) is 0.802. The Balaban J connectivity index is 2.11. The fourth-order valence-corrected chi connectivity index (χ4v) is 1.88. The van der Waals surface area contributed by atoms with Gasteiger partial charge < -0.3 is 14.4 Å². The zero-order valence-electron chi connectivity index (χ0n) is 9.50. The average Bonchev–Trinajstić information content (AvgIpc) is 2.75. The van der Waals surface area contributed by atoms with Crippen LogP contribution in [0.3, 0.4) is 0 Å². The van der Waals surface area contributed by atoms with Crippen molar-refractivity contribution >= 4 is 11.9 Å². The third-order valence-corrected chi connectivity index (χ3v) is 2.88. The Morgan fingerprint density at radius 2 is 2.41 bits per heavy atom. The number of likely N-dealkylation sites (N-methyl/N-ethyl adjacent to an activating group) is 1. The van der Waals surface area contributed by atoms with E-state index >= 15 is 0 Å². The number of aliphatic carboxylic acids is 1. The molecule has 6 nitrogen and oxygen atoms in total. The summed E-state index contributed by atoms with van der Waals surface area (Å²) >= 11 is 0. The minimum Gasteiger partial charge on any atom is -0.480 e. The molecule has 0 spiro atoms. The van der Waals surface area contributed by atoms with Crippen LogP contribution >= 0.6 is 0 Å². The lowest BCUT2D eigenvalue weighted by atomic mass is 10.1. The molecule has 0 radical (unpaired) electrons. The molecule has 0 bridgehead atoms. The first-order chi connectivity index (χ1) is 8.08. The zero-order valence-corrected chi connectivity index (χ0v) is 9.50. The van der Waals surface area contributed by atoms with Crippen molar-refractivity contribution in [2.24, 2.45) is 0 Å². The van der Waals surface area contributed by atoms with Crippen LogP contribution in [-0.4, -0.2) is 53.0 Å². The molecule has 17 heavy (non-hydrogen) atoms. The van der Waals surface area contributed by atoms with Crippen LogP contribution in [0.15, 0.2) is 22.8 Å². The fourth-order valence-electron chi connectivity index (χ4n) is 1.88. The topological polar surface area (TPSA) is 74.0 Å². The van der Waals surface area contributed by atoms with Gasteiger partial charge in [-0.25, -0.2) is 0 Å². The second kappa shape index (κ2) is 4.58. The Morgan fingerprint density at radius 1 is 1.65 bits per heavy atom. The van der Waals surface area contributed by atoms with Gasteiger partial charge in [0.05, 0.1) is 19.4 Å². The highest BCUT2D eigenvalue weighted by Crippen LogP contribution is 2.14. The normalized spacial score (nSPS) is 21.8. The first kappa shape index (κ1) is 11.7. The number of hydrogen-bond donors (Lipinski definition) is 1. The maximum absolute atomic E-state index is 11.6. The largest absolute Gasteiger partial charge is 0.480 e. The highest BCUT2D eigenvalue weighted by atomic mass is 16.4. The van der Waals surface area contributed by atoms with Crippen LogP contribution in [0, 0.1) is 0 Å². The van der Waals surface area contributed by atoms with Gasteiger partial charge in [0.1, 0.15) is 11.8 Å². The second-order valence-corrected chi connectivity index (χ2v) is 4.11. The molecule has 1 N–H and O–H groups in total. The van der Waals surface area contributed by atoms with E-state index in [1.807, 2.05) is 0 Å². The minimum absolute atomic E-state index is 0.0749. The van der Waals surface area contributed by atoms with Gasteiger partial charge in [-0.2, -0.15) is 0 Å². The molecular weight excluding hydrogens is 224 g/mol. The third kappa shape index (κ3) is 2.47. The molecule has 0 aromatic carbocycles. The van der Waals surface area contributed by atoms with Crippen LogP contribution in [-0.2, 0) is 16.1 Å². The molecule has 92 valence electrons. The number of hydrogen-bond acceptors (Lipinski definition) is 4. The van der Waals surface area contributed by atoms with Gasteiger partial charge in [-0.05, 0) is 12.1 Å². The lowest BCUT2D eigenvalue weighted by Gasteiger charge is -2.36. The maximum atomic E-state index is 11.6. The molecular formula is C11H14N2O4. The SMILES string of the molecule is CN1CC(C(=O)O)N(Cc2ccco2)CC1=O. The third-order valence-electron chi connectivity index (χ3n) is 2.88. The molecule has 1 saturated heterocycles. The molecule has 1 aliphatic heterocycles. The number of carboxylic acids is 1. The van der Waals surface area contributed by atoms with Crippen LogP contribution in [0.2, 0.25) is 0 Å². The Hall–Kier alpha value is -1.82. The summed E-state index contributed by atoms with van der Waals surface area (Å²) in [5.74, 6) is -0.335. The van der Waals surface area contributed by atoms with Gasteiger partial charge in [0, 0.05) is 13.6 Å². The standard InChI is InChI=1S/C11H14N2O4/c1-12-6-9(11(15)16)13(7-10(12)14)5-8-3-2-4-17-8/h2-4,9H,5-7H2,1H3,(H,15,16). The number of carbonyl (C=O) groups is 2. The molecule has 1 amide bonds. The summed E-state index contributed by atoms with van der Waals surface area (Å²) in [7, 11) is 1.61. The Morgan fingerprint density at radius 3 is 3.00 bits per heavy atom. The summed E-state index contributed by atoms with van der Waals surface area (Å²) in [4.78, 5) is 25.8. The van der Waals surface area contributed by atoms with Crippen molar-refractivity contribution in [2.45, 2.75) is 12.6 Å². The molecule has 1 aliphatic rings. The van der Waals surface area contributed by atoms with E-state index in [4.69, 9.17) is 9.52 Å². The maximum Gasteiger partial charge on any atom is 0.322 e. The summed E-state index contributed by atoms with van der Waals surface area (Å²) < 4.78 is 5.17. The molecule has 2 rings (SSSR count). The van der Waals surface area contributed by atoms with Gasteiger partial charge >= 0.3 is 5.97 Å². The van der Waals surface area contributed by atoms with Crippen LogP contribution in [0.1, 0.15) is 5.76 Å². The number of nitrogens with zero attached hydrogens (tertiary/aromatic N) is 2. The van der Waals surface area contributed by atoms with E-state index < -0.39 is 12.0 Å². The van der Waals surface area contributed by atoms with Gasteiger partial charge in [0.15, 0.2) is 0 Å². The summed E-state index contributed by atoms with van der Waals surface area (Å²) in [5, 5.41) is 9.13. The summed E-state index contributed by atoms with van der Waals surface area (Å²) in [6.45, 7) is 0.645. The summed E-state index contributed by atoms with van der Waals surface area (Å²) in [6, 6.07) is 2.83. The van der Waals surface area contributed by atoms with Gasteiger partial charge in [0.2, 0.25) is 5.91 Å². The molecule has 6 heteroatoms. The predicted molar refractivity (Wildman–Crippen MR) is 58.2 cm³/mol. The number of amides is 1. The number of furan rings is 1. The van der Waals surface area contributed by atoms with E-state index in [9.17, 15) is 9.59 Å². The van der Waals surface area contributed by atoms with Gasteiger partial charge in [0.25, 0.3) is 0 Å². The van der Waals surface area contributed by atoms with Gasteiger partial charge in [-0.3, -0.25) is 14.5 Å². The predicted octanol–water partition coefficient (Wildman–Crippen LogP) is 0.00680. The molecule has 1 unspecified atom stereocenters. The molecule has 1 aromatic rings. The molecule has 0 saturated carbocycles. The van der Waals surface area contributed by atoms with E-state index in [2.05, 4.69) is 0 Å². The van der Waals surface area contributed by atoms with Crippen LogP contribution < -0.4 is 0 Å². The average molecular weight is 238 g/mol. The van der Waals surface area contributed by atoms with E-state index in [0.717, 1.165) is 0 Å². The van der Waals surface area contributed by atoms with Crippen LogP contribution in [0.25, 0.3) is 0 Å². The second-order valence-electron chi connectivity index (χ2n) is 4.11. The number of carboxylic acid groups (broad SMARTS) is 1. The fraction of sp³-hybridized carbons (Fsp3) is 0.455. The highest BCUT2D eigenvalue weighted by Gasteiger charge is 2.35. The highest BCUT2D eigenvalue weighted by molar-refractivity contribution is 5.83. The van der Waals surface area contributed by atoms with Crippen molar-refractivity contribution < 1.29 is 19.1 Å². The smallest absolute Gasteiger partial charge is 0.322 e. The van der Waals surface area contributed by atoms with Crippen molar-refractivity contribution in [1.82, 2.24) is 9.80 Å². The zero-order chi connectivity index (χ0) is 12.4. The van der Waals surface area contributed by atoms with E-state index in [1.165, 1.54) is 11.2 Å². The van der Waals surface area contributed by atoms with Crippen molar-refractivity contribution in [2.75, 3.05) is 20.1 Å². The van der Waals surface area contributed by atoms with E-state index in [-0.39, 0.29) is 19.0 Å². The lowest BCUT2D eigenvalue weighted by Crippen LogP contribution is -2.57.